The van der Waals surface area contributed by atoms with Gasteiger partial charge in [0.15, 0.2) is 0 Å². The van der Waals surface area contributed by atoms with E-state index in [1.165, 1.54) is 0 Å². The lowest BCUT2D eigenvalue weighted by molar-refractivity contribution is 0.394. The Morgan fingerprint density at radius 2 is 2.30 bits per heavy atom. The molecule has 0 atom stereocenters. The lowest BCUT2D eigenvalue weighted by Crippen LogP contribution is -1.91. The fourth-order valence-electron chi connectivity index (χ4n) is 0.510. The number of nitrogens with zero attached hydrogens (tertiary/aromatic N) is 2. The van der Waals surface area contributed by atoms with Crippen molar-refractivity contribution in [1.29, 1.82) is 0 Å². The molecule has 0 spiro atoms. The molecule has 1 heterocycles. The van der Waals surface area contributed by atoms with Gasteiger partial charge in [-0.05, 0) is 22.9 Å². The van der Waals surface area contributed by atoms with Gasteiger partial charge >= 0.3 is 0 Å². The maximum absolute atomic E-state index is 4.85. The Morgan fingerprint density at radius 1 is 1.60 bits per heavy atom. The standard InChI is InChI=1S/C6H7BrN2O/c1-4-6(7)9-5(10-2)3-8-4/h3H,1-2H3. The first-order valence-corrected chi connectivity index (χ1v) is 3.56. The fourth-order valence-corrected chi connectivity index (χ4v) is 0.787. The molecule has 4 heteroatoms. The number of ether oxygens (including phenoxy) is 1. The smallest absolute Gasteiger partial charge is 0.233 e. The highest BCUT2D eigenvalue weighted by molar-refractivity contribution is 9.10. The number of aromatic nitrogens is 2. The normalized spacial score (nSPS) is 9.50. The maximum atomic E-state index is 4.85. The van der Waals surface area contributed by atoms with Crippen LogP contribution in [0.25, 0.3) is 0 Å². The summed E-state index contributed by atoms with van der Waals surface area (Å²) in [6.07, 6.45) is 1.58. The number of hydrogen-bond acceptors (Lipinski definition) is 3. The van der Waals surface area contributed by atoms with Crippen LogP contribution in [-0.2, 0) is 0 Å². The highest BCUT2D eigenvalue weighted by atomic mass is 79.9. The Kier molecular flexibility index (Phi) is 2.21. The Hall–Kier alpha value is -0.640. The van der Waals surface area contributed by atoms with Crippen molar-refractivity contribution in [2.24, 2.45) is 0 Å². The summed E-state index contributed by atoms with van der Waals surface area (Å²) >= 11 is 3.23. The van der Waals surface area contributed by atoms with Crippen LogP contribution >= 0.6 is 15.9 Å². The molecular weight excluding hydrogens is 196 g/mol. The minimum Gasteiger partial charge on any atom is -0.480 e. The van der Waals surface area contributed by atoms with E-state index >= 15 is 0 Å². The van der Waals surface area contributed by atoms with Crippen LogP contribution in [0.15, 0.2) is 10.8 Å². The van der Waals surface area contributed by atoms with Crippen molar-refractivity contribution in [3.8, 4) is 5.88 Å². The van der Waals surface area contributed by atoms with Gasteiger partial charge in [0.1, 0.15) is 4.60 Å². The molecule has 0 fully saturated rings. The lowest BCUT2D eigenvalue weighted by atomic mass is 10.5. The van der Waals surface area contributed by atoms with Crippen molar-refractivity contribution in [2.45, 2.75) is 6.92 Å². The molecule has 1 aromatic rings. The molecule has 0 saturated heterocycles. The van der Waals surface area contributed by atoms with E-state index in [4.69, 9.17) is 4.74 Å². The molecule has 0 aliphatic heterocycles. The fraction of sp³-hybridized carbons (Fsp3) is 0.333. The van der Waals surface area contributed by atoms with Crippen molar-refractivity contribution in [3.05, 3.63) is 16.5 Å². The van der Waals surface area contributed by atoms with Gasteiger partial charge in [-0.15, -0.1) is 0 Å². The van der Waals surface area contributed by atoms with Gasteiger partial charge < -0.3 is 4.74 Å². The van der Waals surface area contributed by atoms with Crippen molar-refractivity contribution in [1.82, 2.24) is 9.97 Å². The topological polar surface area (TPSA) is 35.0 Å². The van der Waals surface area contributed by atoms with E-state index in [1.54, 1.807) is 13.3 Å². The number of halogens is 1. The molecule has 0 radical (unpaired) electrons. The van der Waals surface area contributed by atoms with Gasteiger partial charge in [0, 0.05) is 0 Å². The minimum atomic E-state index is 0.525. The van der Waals surface area contributed by atoms with Gasteiger partial charge in [0.2, 0.25) is 5.88 Å². The predicted octanol–water partition coefficient (Wildman–Crippen LogP) is 1.56. The van der Waals surface area contributed by atoms with Crippen LogP contribution in [0, 0.1) is 6.92 Å². The second-order valence-electron chi connectivity index (χ2n) is 1.79. The van der Waals surface area contributed by atoms with Crippen LogP contribution < -0.4 is 4.74 Å². The highest BCUT2D eigenvalue weighted by Gasteiger charge is 1.98. The molecule has 0 aliphatic carbocycles. The summed E-state index contributed by atoms with van der Waals surface area (Å²) in [6.45, 7) is 1.87. The van der Waals surface area contributed by atoms with Crippen molar-refractivity contribution < 1.29 is 4.74 Å². The molecule has 0 bridgehead atoms. The van der Waals surface area contributed by atoms with Crippen molar-refractivity contribution in [3.63, 3.8) is 0 Å². The average Bonchev–Trinajstić information content (AvgIpc) is 1.95. The van der Waals surface area contributed by atoms with E-state index in [2.05, 4.69) is 25.9 Å². The molecule has 0 saturated carbocycles. The van der Waals surface area contributed by atoms with E-state index in [-0.39, 0.29) is 0 Å². The first-order valence-electron chi connectivity index (χ1n) is 2.77. The molecule has 3 nitrogen and oxygen atoms in total. The molecule has 0 unspecified atom stereocenters. The summed E-state index contributed by atoms with van der Waals surface area (Å²) in [4.78, 5) is 8.04. The summed E-state index contributed by atoms with van der Waals surface area (Å²) in [5, 5.41) is 0. The first kappa shape index (κ1) is 7.47. The van der Waals surface area contributed by atoms with E-state index in [0.29, 0.717) is 5.88 Å². The first-order chi connectivity index (χ1) is 4.74. The predicted molar refractivity (Wildman–Crippen MR) is 41.0 cm³/mol. The second kappa shape index (κ2) is 2.96. The quantitative estimate of drug-likeness (QED) is 0.694. The van der Waals surface area contributed by atoms with Crippen LogP contribution in [0.3, 0.4) is 0 Å². The third-order valence-corrected chi connectivity index (χ3v) is 1.84. The summed E-state index contributed by atoms with van der Waals surface area (Å²) in [5.74, 6) is 0.525. The molecule has 0 N–H and O–H groups in total. The number of rotatable bonds is 1. The molecule has 0 aromatic carbocycles. The maximum Gasteiger partial charge on any atom is 0.233 e. The van der Waals surface area contributed by atoms with Crippen LogP contribution in [-0.4, -0.2) is 17.1 Å². The zero-order chi connectivity index (χ0) is 7.56. The average molecular weight is 203 g/mol. The Morgan fingerprint density at radius 3 is 2.80 bits per heavy atom. The lowest BCUT2D eigenvalue weighted by Gasteiger charge is -1.98. The molecule has 1 rings (SSSR count). The second-order valence-corrected chi connectivity index (χ2v) is 2.54. The van der Waals surface area contributed by atoms with E-state index in [9.17, 15) is 0 Å². The Balaban J connectivity index is 3.04. The highest BCUT2D eigenvalue weighted by Crippen LogP contribution is 2.13. The summed E-state index contributed by atoms with van der Waals surface area (Å²) in [5.41, 5.74) is 0.862. The summed E-state index contributed by atoms with van der Waals surface area (Å²) in [7, 11) is 1.56. The molecule has 0 aliphatic rings. The van der Waals surface area contributed by atoms with Crippen LogP contribution in [0.2, 0.25) is 0 Å². The van der Waals surface area contributed by atoms with Gasteiger partial charge in [-0.25, -0.2) is 4.98 Å². The van der Waals surface area contributed by atoms with Gasteiger partial charge in [-0.3, -0.25) is 4.98 Å². The molecule has 1 aromatic heterocycles. The van der Waals surface area contributed by atoms with E-state index < -0.39 is 0 Å². The van der Waals surface area contributed by atoms with Crippen LogP contribution in [0.4, 0.5) is 0 Å². The molecule has 0 amide bonds. The van der Waals surface area contributed by atoms with Gasteiger partial charge in [-0.1, -0.05) is 0 Å². The van der Waals surface area contributed by atoms with Crippen LogP contribution in [0.5, 0.6) is 5.88 Å². The van der Waals surface area contributed by atoms with Crippen molar-refractivity contribution in [2.75, 3.05) is 7.11 Å². The Bertz CT molecular complexity index is 239. The van der Waals surface area contributed by atoms with Crippen molar-refractivity contribution >= 4 is 15.9 Å². The molecule has 54 valence electrons. The SMILES string of the molecule is COc1cnc(C)c(Br)n1. The number of methoxy groups -OCH3 is 1. The zero-order valence-corrected chi connectivity index (χ0v) is 7.34. The van der Waals surface area contributed by atoms with Gasteiger partial charge in [0.25, 0.3) is 0 Å². The molecular formula is C6H7BrN2O. The van der Waals surface area contributed by atoms with Gasteiger partial charge in [0.05, 0.1) is 19.0 Å². The Labute approximate surface area is 67.6 Å². The zero-order valence-electron chi connectivity index (χ0n) is 5.76. The number of hydrogen-bond donors (Lipinski definition) is 0. The minimum absolute atomic E-state index is 0.525. The monoisotopic (exact) mass is 202 g/mol. The third kappa shape index (κ3) is 1.44. The van der Waals surface area contributed by atoms with Crippen LogP contribution in [0.1, 0.15) is 5.69 Å². The summed E-state index contributed by atoms with van der Waals surface area (Å²) < 4.78 is 5.57. The van der Waals surface area contributed by atoms with Gasteiger partial charge in [-0.2, -0.15) is 0 Å². The van der Waals surface area contributed by atoms with E-state index in [0.717, 1.165) is 10.3 Å². The van der Waals surface area contributed by atoms with E-state index in [1.807, 2.05) is 6.92 Å². The largest absolute Gasteiger partial charge is 0.480 e. The summed E-state index contributed by atoms with van der Waals surface area (Å²) in [6, 6.07) is 0. The number of aryl methyl sites for hydroxylation is 1. The molecule has 10 heavy (non-hydrogen) atoms. The third-order valence-electron chi connectivity index (χ3n) is 1.08.